The van der Waals surface area contributed by atoms with Gasteiger partial charge < -0.3 is 0 Å². The Bertz CT molecular complexity index is 1240. The van der Waals surface area contributed by atoms with Crippen molar-refractivity contribution in [1.82, 2.24) is 4.98 Å². The number of pyridine rings is 1. The molecule has 2 aromatic carbocycles. The van der Waals surface area contributed by atoms with Crippen LogP contribution in [0.5, 0.6) is 0 Å². The third-order valence-electron chi connectivity index (χ3n) is 5.62. The quantitative estimate of drug-likeness (QED) is 0.186. The molecule has 1 aliphatic rings. The average Bonchev–Trinajstić information content (AvgIpc) is 2.84. The Labute approximate surface area is 207 Å². The first-order chi connectivity index (χ1) is 15.6. The zero-order valence-corrected chi connectivity index (χ0v) is 23.0. The van der Waals surface area contributed by atoms with Crippen LogP contribution in [0.3, 0.4) is 0 Å². The zero-order valence-electron chi connectivity index (χ0n) is 19.1. The summed E-state index contributed by atoms with van der Waals surface area (Å²) in [5.74, 6) is 4.20. The number of ether oxygens (including phenoxy) is 1. The number of fused-ring (bicyclic) bond motifs is 1. The summed E-state index contributed by atoms with van der Waals surface area (Å²) in [6.07, 6.45) is 11.2. The number of benzene rings is 2. The summed E-state index contributed by atoms with van der Waals surface area (Å²) in [6.45, 7) is 6.23. The van der Waals surface area contributed by atoms with E-state index in [9.17, 15) is 0 Å². The fraction of sp³-hybridized carbons (Fsp3) is 0.207. The van der Waals surface area contributed by atoms with Crippen LogP contribution in [0.1, 0.15) is 38.4 Å². The van der Waals surface area contributed by atoms with Gasteiger partial charge in [0.2, 0.25) is 0 Å². The molecule has 3 heteroatoms. The Morgan fingerprint density at radius 2 is 1.78 bits per heavy atom. The Morgan fingerprint density at radius 3 is 2.44 bits per heavy atom. The number of methoxy groups -OCH3 is 1. The predicted octanol–water partition coefficient (Wildman–Crippen LogP) is 6.71. The van der Waals surface area contributed by atoms with Gasteiger partial charge in [-0.05, 0) is 13.8 Å². The van der Waals surface area contributed by atoms with E-state index < -0.39 is 0 Å². The first kappa shape index (κ1) is 24.0. The summed E-state index contributed by atoms with van der Waals surface area (Å²) < 4.78 is 8.54. The number of aromatic nitrogens is 1. The summed E-state index contributed by atoms with van der Waals surface area (Å²) in [5.41, 5.74) is 4.04. The van der Waals surface area contributed by atoms with Gasteiger partial charge in [-0.15, -0.1) is 0 Å². The molecule has 0 amide bonds. The van der Waals surface area contributed by atoms with E-state index in [2.05, 4.69) is 77.0 Å². The molecular weight excluding hydrogens is 586 g/mol. The standard InChI is InChI=1S/C25H20NO.C4H8.Pb/c1-4-18-9-5-7-11-21(18)24-22-12-8-6-10-19(22)17-23(26-24)25(2)15-13-20(27-3)14-16-25;1-3-4-2;/h5-15,17H,16H2,2-3H3;3-4H,1-2H3;/b;4-3-;. The van der Waals surface area contributed by atoms with E-state index in [0.717, 1.165) is 65.8 Å². The summed E-state index contributed by atoms with van der Waals surface area (Å²) in [7, 11) is 1.71. The van der Waals surface area contributed by atoms with Crippen LogP contribution < -0.4 is 0 Å². The molecule has 0 aliphatic heterocycles. The van der Waals surface area contributed by atoms with E-state index in [-0.39, 0.29) is 5.41 Å². The molecule has 0 fully saturated rings. The zero-order chi connectivity index (χ0) is 23.0. The van der Waals surface area contributed by atoms with Crippen LogP contribution >= 0.6 is 0 Å². The topological polar surface area (TPSA) is 22.1 Å². The minimum absolute atomic E-state index is 0.168. The van der Waals surface area contributed by atoms with Crippen molar-refractivity contribution in [2.24, 2.45) is 0 Å². The molecule has 4 rings (SSSR count). The molecule has 159 valence electrons. The molecule has 0 N–H and O–H groups in total. The van der Waals surface area contributed by atoms with Crippen LogP contribution in [0.25, 0.3) is 22.0 Å². The number of allylic oxidation sites excluding steroid dienone is 5. The second-order valence-electron chi connectivity index (χ2n) is 7.81. The van der Waals surface area contributed by atoms with E-state index >= 15 is 0 Å². The van der Waals surface area contributed by atoms with Gasteiger partial charge in [0.15, 0.2) is 0 Å². The molecule has 0 spiro atoms. The van der Waals surface area contributed by atoms with Crippen LogP contribution in [-0.4, -0.2) is 37.9 Å². The van der Waals surface area contributed by atoms with E-state index in [1.807, 2.05) is 38.1 Å². The molecule has 3 aromatic rings. The number of hydrogen-bond acceptors (Lipinski definition) is 2. The Morgan fingerprint density at radius 1 is 1.06 bits per heavy atom. The third kappa shape index (κ3) is 5.39. The first-order valence-electron chi connectivity index (χ1n) is 10.7. The van der Waals surface area contributed by atoms with Gasteiger partial charge in [-0.25, -0.2) is 0 Å². The van der Waals surface area contributed by atoms with Crippen LogP contribution in [0, 0.1) is 9.40 Å². The summed E-state index contributed by atoms with van der Waals surface area (Å²) in [4.78, 5) is 5.18. The molecule has 0 saturated carbocycles. The maximum absolute atomic E-state index is 5.37. The fourth-order valence-corrected chi connectivity index (χ4v) is 4.14. The molecule has 0 bridgehead atoms. The van der Waals surface area contributed by atoms with E-state index in [1.54, 1.807) is 7.11 Å². The van der Waals surface area contributed by atoms with Gasteiger partial charge in [0, 0.05) is 0 Å². The molecule has 0 saturated heterocycles. The van der Waals surface area contributed by atoms with Crippen molar-refractivity contribution in [1.29, 1.82) is 0 Å². The van der Waals surface area contributed by atoms with Crippen molar-refractivity contribution in [3.8, 4) is 20.7 Å². The van der Waals surface area contributed by atoms with Gasteiger partial charge in [0.25, 0.3) is 0 Å². The predicted molar refractivity (Wildman–Crippen MR) is 136 cm³/mol. The first-order valence-corrected chi connectivity index (χ1v) is 12.7. The second kappa shape index (κ2) is 11.3. The van der Waals surface area contributed by atoms with E-state index in [0.29, 0.717) is 0 Å². The van der Waals surface area contributed by atoms with Crippen molar-refractivity contribution < 1.29 is 4.74 Å². The number of hydrogen-bond donors (Lipinski definition) is 0. The van der Waals surface area contributed by atoms with Gasteiger partial charge in [-0.2, -0.15) is 0 Å². The average molecular weight is 614 g/mol. The normalized spacial score (nSPS) is 17.2. The Kier molecular flexibility index (Phi) is 8.47. The summed E-state index contributed by atoms with van der Waals surface area (Å²) >= 11 is 0.857. The van der Waals surface area contributed by atoms with E-state index in [1.165, 1.54) is 5.39 Å². The SMILES string of the molecule is C/C=C\C.COC1=CCC(C)(c2cc3ccccc3c(-c3ccccc3C#[C][Pb])n2)C=C1. The van der Waals surface area contributed by atoms with Crippen LogP contribution in [0.15, 0.2) is 90.7 Å². The van der Waals surface area contributed by atoms with Crippen molar-refractivity contribution in [2.75, 3.05) is 7.11 Å². The second-order valence-corrected chi connectivity index (χ2v) is 8.78. The van der Waals surface area contributed by atoms with Gasteiger partial charge in [-0.1, -0.05) is 12.2 Å². The van der Waals surface area contributed by atoms with Crippen LogP contribution in [0.2, 0.25) is 0 Å². The maximum atomic E-state index is 5.37. The van der Waals surface area contributed by atoms with Gasteiger partial charge >= 0.3 is 176 Å². The van der Waals surface area contributed by atoms with Crippen molar-refractivity contribution in [3.63, 3.8) is 0 Å². The molecule has 32 heavy (non-hydrogen) atoms. The van der Waals surface area contributed by atoms with Gasteiger partial charge in [0.1, 0.15) is 0 Å². The number of rotatable bonds is 3. The minimum atomic E-state index is -0.168. The number of nitrogens with zero attached hydrogens (tertiary/aromatic N) is 1. The molecule has 1 unspecified atom stereocenters. The summed E-state index contributed by atoms with van der Waals surface area (Å²) in [6, 6.07) is 19.0. The molecule has 1 atom stereocenters. The monoisotopic (exact) mass is 614 g/mol. The van der Waals surface area contributed by atoms with Crippen molar-refractivity contribution in [3.05, 3.63) is 102 Å². The Hall–Kier alpha value is -2.65. The van der Waals surface area contributed by atoms with Crippen molar-refractivity contribution in [2.45, 2.75) is 32.6 Å². The van der Waals surface area contributed by atoms with Crippen molar-refractivity contribution >= 4 is 36.5 Å². The Balaban J connectivity index is 0.000000668. The van der Waals surface area contributed by atoms with E-state index in [4.69, 9.17) is 9.72 Å². The van der Waals surface area contributed by atoms with Gasteiger partial charge in [-0.3, -0.25) is 0 Å². The summed E-state index contributed by atoms with van der Waals surface area (Å²) in [5, 5.41) is 2.36. The van der Waals surface area contributed by atoms with Crippen LogP contribution in [-0.2, 0) is 10.2 Å². The van der Waals surface area contributed by atoms with Crippen LogP contribution in [0.4, 0.5) is 0 Å². The molecule has 1 heterocycles. The molecule has 3 radical (unpaired) electrons. The van der Waals surface area contributed by atoms with Gasteiger partial charge in [0.05, 0.1) is 7.11 Å². The molecule has 1 aromatic heterocycles. The molecular formula is C29H28NOPb. The fourth-order valence-electron chi connectivity index (χ4n) is 3.62. The third-order valence-corrected chi connectivity index (χ3v) is 6.10. The molecule has 2 nitrogen and oxygen atoms in total. The molecule has 1 aliphatic carbocycles.